The Morgan fingerprint density at radius 1 is 0.520 bits per heavy atom. The van der Waals surface area contributed by atoms with Crippen molar-refractivity contribution >= 4 is 33.8 Å². The van der Waals surface area contributed by atoms with Crippen molar-refractivity contribution < 1.29 is 12.3 Å². The number of unbranched alkanes of at least 4 members (excludes halogenated alkanes) is 4. The van der Waals surface area contributed by atoms with Crippen LogP contribution in [-0.4, -0.2) is 33.8 Å². The van der Waals surface area contributed by atoms with Gasteiger partial charge in [0.05, 0.1) is 0 Å². The first kappa shape index (κ1) is 25.7. The minimum atomic E-state index is -2.22. The highest BCUT2D eigenvalue weighted by Crippen LogP contribution is 2.33. The van der Waals surface area contributed by atoms with E-state index >= 15 is 0 Å². The molecule has 0 aromatic carbocycles. The van der Waals surface area contributed by atoms with Gasteiger partial charge >= 0.3 is 17.1 Å². The van der Waals surface area contributed by atoms with Crippen LogP contribution in [0.2, 0.25) is 64.5 Å². The van der Waals surface area contributed by atoms with E-state index in [1.54, 1.807) is 0 Å². The first-order valence-corrected chi connectivity index (χ1v) is 22.2. The van der Waals surface area contributed by atoms with Crippen molar-refractivity contribution in [2.75, 3.05) is 0 Å². The Labute approximate surface area is 163 Å². The maximum Gasteiger partial charge on any atom is 0.319 e. The summed E-state index contributed by atoms with van der Waals surface area (Å²) < 4.78 is 20.4. The molecule has 0 fully saturated rings. The van der Waals surface area contributed by atoms with Crippen molar-refractivity contribution in [2.24, 2.45) is 0 Å². The lowest BCUT2D eigenvalue weighted by molar-refractivity contribution is 0.312. The van der Waals surface area contributed by atoms with Gasteiger partial charge < -0.3 is 12.3 Å². The highest BCUT2D eigenvalue weighted by atomic mass is 28.5. The van der Waals surface area contributed by atoms with E-state index in [0.29, 0.717) is 0 Å². The quantitative estimate of drug-likeness (QED) is 0.218. The molecule has 0 aromatic heterocycles. The van der Waals surface area contributed by atoms with E-state index < -0.39 is 33.8 Å². The maximum atomic E-state index is 6.97. The molecular formula is C18H46O3Si4. The van der Waals surface area contributed by atoms with Gasteiger partial charge in [0.1, 0.15) is 0 Å². The highest BCUT2D eigenvalue weighted by Gasteiger charge is 2.46. The molecule has 25 heavy (non-hydrogen) atoms. The van der Waals surface area contributed by atoms with E-state index in [9.17, 15) is 0 Å². The Morgan fingerprint density at radius 3 is 1.24 bits per heavy atom. The monoisotopic (exact) mass is 422 g/mol. The molecule has 7 heteroatoms. The zero-order valence-electron chi connectivity index (χ0n) is 18.9. The summed E-state index contributed by atoms with van der Waals surface area (Å²) in [6.45, 7) is 22.7. The molecule has 0 saturated carbocycles. The van der Waals surface area contributed by atoms with Gasteiger partial charge in [0.2, 0.25) is 0 Å². The summed E-state index contributed by atoms with van der Waals surface area (Å²) in [4.78, 5) is 0. The Kier molecular flexibility index (Phi) is 11.2. The fourth-order valence-corrected chi connectivity index (χ4v) is 21.9. The second-order valence-corrected chi connectivity index (χ2v) is 26.3. The van der Waals surface area contributed by atoms with Crippen LogP contribution in [0.3, 0.4) is 0 Å². The zero-order valence-corrected chi connectivity index (χ0v) is 22.9. The number of hydrogen-bond acceptors (Lipinski definition) is 3. The Balaban J connectivity index is 5.44. The lowest BCUT2D eigenvalue weighted by Gasteiger charge is -2.43. The normalized spacial score (nSPS) is 14.2. The maximum absolute atomic E-state index is 6.97. The van der Waals surface area contributed by atoms with Crippen LogP contribution in [0.25, 0.3) is 0 Å². The molecule has 0 N–H and O–H groups in total. The first-order valence-electron chi connectivity index (χ1n) is 10.3. The van der Waals surface area contributed by atoms with Gasteiger partial charge in [-0.2, -0.15) is 0 Å². The van der Waals surface area contributed by atoms with Crippen LogP contribution < -0.4 is 0 Å². The van der Waals surface area contributed by atoms with Crippen molar-refractivity contribution in [2.45, 2.75) is 117 Å². The topological polar surface area (TPSA) is 27.7 Å². The SMILES string of the molecule is CCCCC[Si](CCCCC)(O[Si](C)(C)C)O[Si](C)(C)O[Si](C)(C)C. The standard InChI is InChI=1S/C18H46O3Si4/c1-11-13-15-17-25(18-16-14-12-2,20-23(6,7)8)21-24(9,10)19-22(3,4)5/h11-18H2,1-10H3. The van der Waals surface area contributed by atoms with Crippen molar-refractivity contribution in [1.29, 1.82) is 0 Å². The Morgan fingerprint density at radius 2 is 0.920 bits per heavy atom. The molecule has 0 spiro atoms. The minimum Gasteiger partial charge on any atom is -0.437 e. The molecule has 0 heterocycles. The molecule has 3 nitrogen and oxygen atoms in total. The summed E-state index contributed by atoms with van der Waals surface area (Å²) in [5, 5.41) is 0. The van der Waals surface area contributed by atoms with E-state index in [0.717, 1.165) is 12.1 Å². The molecule has 0 unspecified atom stereocenters. The average molecular weight is 423 g/mol. The van der Waals surface area contributed by atoms with Crippen LogP contribution >= 0.6 is 0 Å². The lowest BCUT2D eigenvalue weighted by atomic mass is 10.3. The smallest absolute Gasteiger partial charge is 0.319 e. The van der Waals surface area contributed by atoms with Gasteiger partial charge in [-0.1, -0.05) is 52.4 Å². The molecule has 0 amide bonds. The predicted molar refractivity (Wildman–Crippen MR) is 122 cm³/mol. The highest BCUT2D eigenvalue weighted by molar-refractivity contribution is 6.89. The molecule has 0 atom stereocenters. The second kappa shape index (κ2) is 10.9. The molecule has 152 valence electrons. The third-order valence-corrected chi connectivity index (χ3v) is 17.8. The molecule has 0 aromatic rings. The summed E-state index contributed by atoms with van der Waals surface area (Å²) in [6, 6.07) is 2.28. The zero-order chi connectivity index (χ0) is 19.8. The summed E-state index contributed by atoms with van der Waals surface area (Å²) in [7, 11) is -7.66. The summed E-state index contributed by atoms with van der Waals surface area (Å²) in [5.74, 6) is 0. The summed E-state index contributed by atoms with van der Waals surface area (Å²) in [6.07, 6.45) is 7.51. The van der Waals surface area contributed by atoms with E-state index in [-0.39, 0.29) is 0 Å². The molecule has 0 radical (unpaired) electrons. The van der Waals surface area contributed by atoms with Gasteiger partial charge in [-0.05, 0) is 64.5 Å². The molecule has 0 aliphatic carbocycles. The van der Waals surface area contributed by atoms with Crippen LogP contribution in [0, 0.1) is 0 Å². The summed E-state index contributed by atoms with van der Waals surface area (Å²) in [5.41, 5.74) is 0. The minimum absolute atomic E-state index is 1.14. The molecule has 0 bridgehead atoms. The molecule has 0 saturated heterocycles. The average Bonchev–Trinajstić information content (AvgIpc) is 2.33. The molecular weight excluding hydrogens is 377 g/mol. The van der Waals surface area contributed by atoms with E-state index in [1.807, 2.05) is 0 Å². The van der Waals surface area contributed by atoms with Crippen LogP contribution in [0.15, 0.2) is 0 Å². The third-order valence-electron chi connectivity index (χ3n) is 3.80. The van der Waals surface area contributed by atoms with Gasteiger partial charge in [0.15, 0.2) is 16.6 Å². The first-order chi connectivity index (χ1) is 11.2. The predicted octanol–water partition coefficient (Wildman–Crippen LogP) is 7.23. The van der Waals surface area contributed by atoms with Gasteiger partial charge in [0.25, 0.3) is 0 Å². The van der Waals surface area contributed by atoms with Gasteiger partial charge in [-0.25, -0.2) is 0 Å². The second-order valence-electron chi connectivity index (χ2n) is 9.76. The van der Waals surface area contributed by atoms with Gasteiger partial charge in [-0.15, -0.1) is 0 Å². The number of rotatable bonds is 14. The van der Waals surface area contributed by atoms with Crippen molar-refractivity contribution in [1.82, 2.24) is 0 Å². The van der Waals surface area contributed by atoms with Gasteiger partial charge in [-0.3, -0.25) is 0 Å². The van der Waals surface area contributed by atoms with Crippen LogP contribution in [-0.2, 0) is 12.3 Å². The molecule has 0 aliphatic rings. The third kappa shape index (κ3) is 13.5. The van der Waals surface area contributed by atoms with Crippen molar-refractivity contribution in [3.05, 3.63) is 0 Å². The van der Waals surface area contributed by atoms with E-state index in [2.05, 4.69) is 66.2 Å². The Bertz CT molecular complexity index is 352. The van der Waals surface area contributed by atoms with Crippen molar-refractivity contribution in [3.8, 4) is 0 Å². The van der Waals surface area contributed by atoms with Crippen LogP contribution in [0.1, 0.15) is 52.4 Å². The fourth-order valence-electron chi connectivity index (χ4n) is 3.40. The van der Waals surface area contributed by atoms with E-state index in [1.165, 1.54) is 38.5 Å². The largest absolute Gasteiger partial charge is 0.437 e. The summed E-state index contributed by atoms with van der Waals surface area (Å²) >= 11 is 0. The number of hydrogen-bond donors (Lipinski definition) is 0. The van der Waals surface area contributed by atoms with Crippen molar-refractivity contribution in [3.63, 3.8) is 0 Å². The molecule has 0 aliphatic heterocycles. The van der Waals surface area contributed by atoms with Gasteiger partial charge in [0, 0.05) is 0 Å². The van der Waals surface area contributed by atoms with Crippen LogP contribution in [0.4, 0.5) is 0 Å². The Hall–Kier alpha value is 0.748. The molecule has 0 rings (SSSR count). The van der Waals surface area contributed by atoms with E-state index in [4.69, 9.17) is 12.3 Å². The lowest BCUT2D eigenvalue weighted by Crippen LogP contribution is -2.58. The fraction of sp³-hybridized carbons (Fsp3) is 1.00. The van der Waals surface area contributed by atoms with Crippen LogP contribution in [0.5, 0.6) is 0 Å².